The van der Waals surface area contributed by atoms with Crippen LogP contribution in [-0.4, -0.2) is 47.4 Å². The third-order valence-electron chi connectivity index (χ3n) is 3.32. The molecule has 0 aliphatic heterocycles. The topological polar surface area (TPSA) is 86.7 Å². The van der Waals surface area contributed by atoms with Crippen LogP contribution in [0.5, 0.6) is 0 Å². The van der Waals surface area contributed by atoms with Crippen molar-refractivity contribution in [3.05, 3.63) is 0 Å². The van der Waals surface area contributed by atoms with Gasteiger partial charge in [-0.2, -0.15) is 0 Å². The molecule has 2 N–H and O–H groups in total. The zero-order chi connectivity index (χ0) is 15.7. The Hall–Kier alpha value is -1.59. The molecule has 0 aromatic heterocycles. The Morgan fingerprint density at radius 3 is 2.15 bits per heavy atom. The molecule has 0 radical (unpaired) electrons. The van der Waals surface area contributed by atoms with E-state index in [-0.39, 0.29) is 24.3 Å². The number of amides is 2. The SMILES string of the molecule is CCC(CC)C(=O)N(CCNC(C)=O)CC(C)C(=O)O. The third kappa shape index (κ3) is 6.54. The van der Waals surface area contributed by atoms with Crippen LogP contribution in [0.25, 0.3) is 0 Å². The second-order valence-electron chi connectivity index (χ2n) is 5.02. The third-order valence-corrected chi connectivity index (χ3v) is 3.32. The molecule has 2 amide bonds. The second-order valence-corrected chi connectivity index (χ2v) is 5.02. The number of carboxylic acid groups (broad SMARTS) is 1. The highest BCUT2D eigenvalue weighted by Gasteiger charge is 2.24. The Morgan fingerprint density at radius 1 is 1.20 bits per heavy atom. The Morgan fingerprint density at radius 2 is 1.75 bits per heavy atom. The molecule has 0 heterocycles. The summed E-state index contributed by atoms with van der Waals surface area (Å²) >= 11 is 0. The average Bonchev–Trinajstić information content (AvgIpc) is 2.38. The van der Waals surface area contributed by atoms with Crippen molar-refractivity contribution in [3.63, 3.8) is 0 Å². The first kappa shape index (κ1) is 18.4. The van der Waals surface area contributed by atoms with Gasteiger partial charge in [0.25, 0.3) is 0 Å². The van der Waals surface area contributed by atoms with Crippen LogP contribution in [0.3, 0.4) is 0 Å². The van der Waals surface area contributed by atoms with Crippen LogP contribution in [0.1, 0.15) is 40.5 Å². The smallest absolute Gasteiger partial charge is 0.308 e. The lowest BCUT2D eigenvalue weighted by Crippen LogP contribution is -2.44. The van der Waals surface area contributed by atoms with Crippen LogP contribution in [0.2, 0.25) is 0 Å². The van der Waals surface area contributed by atoms with Gasteiger partial charge in [-0.1, -0.05) is 20.8 Å². The van der Waals surface area contributed by atoms with Gasteiger partial charge in [0, 0.05) is 32.5 Å². The summed E-state index contributed by atoms with van der Waals surface area (Å²) in [7, 11) is 0. The largest absolute Gasteiger partial charge is 0.481 e. The monoisotopic (exact) mass is 286 g/mol. The van der Waals surface area contributed by atoms with Gasteiger partial charge >= 0.3 is 5.97 Å². The Kier molecular flexibility index (Phi) is 8.59. The maximum atomic E-state index is 12.4. The Balaban J connectivity index is 4.71. The van der Waals surface area contributed by atoms with Gasteiger partial charge in [-0.25, -0.2) is 0 Å². The Bertz CT molecular complexity index is 340. The van der Waals surface area contributed by atoms with Gasteiger partial charge in [0.2, 0.25) is 11.8 Å². The van der Waals surface area contributed by atoms with Gasteiger partial charge in [-0.3, -0.25) is 14.4 Å². The fourth-order valence-electron chi connectivity index (χ4n) is 1.96. The van der Waals surface area contributed by atoms with Gasteiger partial charge in [-0.05, 0) is 12.8 Å². The highest BCUT2D eigenvalue weighted by molar-refractivity contribution is 5.80. The molecule has 6 heteroatoms. The maximum absolute atomic E-state index is 12.4. The molecule has 0 saturated carbocycles. The molecule has 0 rings (SSSR count). The molecular weight excluding hydrogens is 260 g/mol. The highest BCUT2D eigenvalue weighted by Crippen LogP contribution is 2.13. The minimum Gasteiger partial charge on any atom is -0.481 e. The fourth-order valence-corrected chi connectivity index (χ4v) is 1.96. The number of hydrogen-bond acceptors (Lipinski definition) is 3. The summed E-state index contributed by atoms with van der Waals surface area (Å²) < 4.78 is 0. The molecule has 1 atom stereocenters. The van der Waals surface area contributed by atoms with Gasteiger partial charge in [0.15, 0.2) is 0 Å². The molecule has 0 aromatic rings. The van der Waals surface area contributed by atoms with Gasteiger partial charge in [-0.15, -0.1) is 0 Å². The molecule has 20 heavy (non-hydrogen) atoms. The van der Waals surface area contributed by atoms with Crippen LogP contribution in [-0.2, 0) is 14.4 Å². The molecule has 0 aliphatic carbocycles. The van der Waals surface area contributed by atoms with E-state index >= 15 is 0 Å². The van der Waals surface area contributed by atoms with E-state index in [2.05, 4.69) is 5.32 Å². The van der Waals surface area contributed by atoms with Crippen molar-refractivity contribution >= 4 is 17.8 Å². The predicted octanol–water partition coefficient (Wildman–Crippen LogP) is 1.11. The van der Waals surface area contributed by atoms with E-state index in [4.69, 9.17) is 5.11 Å². The van der Waals surface area contributed by atoms with Gasteiger partial charge < -0.3 is 15.3 Å². The van der Waals surface area contributed by atoms with E-state index in [1.807, 2.05) is 13.8 Å². The van der Waals surface area contributed by atoms with Crippen molar-refractivity contribution in [1.82, 2.24) is 10.2 Å². The summed E-state index contributed by atoms with van der Waals surface area (Å²) in [6.45, 7) is 7.72. The second kappa shape index (κ2) is 9.34. The fraction of sp³-hybridized carbons (Fsp3) is 0.786. The lowest BCUT2D eigenvalue weighted by molar-refractivity contribution is -0.144. The van der Waals surface area contributed by atoms with E-state index in [1.165, 1.54) is 6.92 Å². The van der Waals surface area contributed by atoms with Crippen molar-refractivity contribution in [2.75, 3.05) is 19.6 Å². The normalized spacial score (nSPS) is 12.1. The van der Waals surface area contributed by atoms with Crippen molar-refractivity contribution in [2.24, 2.45) is 11.8 Å². The molecule has 0 aromatic carbocycles. The number of nitrogens with one attached hydrogen (secondary N) is 1. The number of aliphatic carboxylic acids is 1. The summed E-state index contributed by atoms with van der Waals surface area (Å²) in [5, 5.41) is 11.6. The molecule has 0 aliphatic rings. The summed E-state index contributed by atoms with van der Waals surface area (Å²) in [6, 6.07) is 0. The Labute approximate surface area is 120 Å². The molecule has 0 saturated heterocycles. The summed E-state index contributed by atoms with van der Waals surface area (Å²) in [5.74, 6) is -1.83. The van der Waals surface area contributed by atoms with Crippen molar-refractivity contribution < 1.29 is 19.5 Å². The molecule has 0 bridgehead atoms. The average molecular weight is 286 g/mol. The lowest BCUT2D eigenvalue weighted by Gasteiger charge is -2.28. The quantitative estimate of drug-likeness (QED) is 0.664. The standard InChI is InChI=1S/C14H26N2O4/c1-5-12(6-2)13(18)16(8-7-15-11(4)17)9-10(3)14(19)20/h10,12H,5-9H2,1-4H3,(H,15,17)(H,19,20). The molecule has 0 spiro atoms. The van der Waals surface area contributed by atoms with Crippen molar-refractivity contribution in [1.29, 1.82) is 0 Å². The van der Waals surface area contributed by atoms with E-state index < -0.39 is 11.9 Å². The first-order valence-electron chi connectivity index (χ1n) is 7.09. The number of carbonyl (C=O) groups excluding carboxylic acids is 2. The highest BCUT2D eigenvalue weighted by atomic mass is 16.4. The van der Waals surface area contributed by atoms with E-state index in [0.717, 1.165) is 12.8 Å². The zero-order valence-corrected chi connectivity index (χ0v) is 12.8. The number of carboxylic acids is 1. The maximum Gasteiger partial charge on any atom is 0.308 e. The molecule has 6 nitrogen and oxygen atoms in total. The van der Waals surface area contributed by atoms with Crippen LogP contribution in [0, 0.1) is 11.8 Å². The predicted molar refractivity (Wildman–Crippen MR) is 76.1 cm³/mol. The number of nitrogens with zero attached hydrogens (tertiary/aromatic N) is 1. The van der Waals surface area contributed by atoms with Crippen molar-refractivity contribution in [3.8, 4) is 0 Å². The first-order chi connectivity index (χ1) is 9.33. The summed E-state index contributed by atoms with van der Waals surface area (Å²) in [5.41, 5.74) is 0. The number of rotatable bonds is 9. The van der Waals surface area contributed by atoms with Crippen LogP contribution >= 0.6 is 0 Å². The minimum absolute atomic E-state index is 0.0338. The van der Waals surface area contributed by atoms with Crippen LogP contribution in [0.15, 0.2) is 0 Å². The summed E-state index contributed by atoms with van der Waals surface area (Å²) in [4.78, 5) is 35.7. The van der Waals surface area contributed by atoms with E-state index in [9.17, 15) is 14.4 Å². The van der Waals surface area contributed by atoms with E-state index in [1.54, 1.807) is 11.8 Å². The van der Waals surface area contributed by atoms with Crippen molar-refractivity contribution in [2.45, 2.75) is 40.5 Å². The van der Waals surface area contributed by atoms with E-state index in [0.29, 0.717) is 13.1 Å². The number of hydrogen-bond donors (Lipinski definition) is 2. The first-order valence-corrected chi connectivity index (χ1v) is 7.09. The molecule has 116 valence electrons. The summed E-state index contributed by atoms with van der Waals surface area (Å²) in [6.07, 6.45) is 1.46. The van der Waals surface area contributed by atoms with Crippen LogP contribution < -0.4 is 5.32 Å². The molecule has 0 fully saturated rings. The van der Waals surface area contributed by atoms with Crippen LogP contribution in [0.4, 0.5) is 0 Å². The zero-order valence-electron chi connectivity index (χ0n) is 12.8. The number of carbonyl (C=O) groups is 3. The minimum atomic E-state index is -0.924. The van der Waals surface area contributed by atoms with Gasteiger partial charge in [0.05, 0.1) is 5.92 Å². The molecule has 1 unspecified atom stereocenters. The molecular formula is C14H26N2O4. The van der Waals surface area contributed by atoms with Gasteiger partial charge in [0.1, 0.15) is 0 Å². The lowest BCUT2D eigenvalue weighted by atomic mass is 10.0.